The molecule has 1 heterocycles. The molecule has 0 unspecified atom stereocenters. The molecule has 0 aromatic carbocycles. The minimum atomic E-state index is -0.381. The molecule has 0 saturated carbocycles. The topological polar surface area (TPSA) is 43.4 Å². The minimum Gasteiger partial charge on any atom is -0.466 e. The molecule has 0 aliphatic heterocycles. The summed E-state index contributed by atoms with van der Waals surface area (Å²) in [7, 11) is 0. The van der Waals surface area contributed by atoms with Crippen LogP contribution in [0.3, 0.4) is 0 Å². The highest BCUT2D eigenvalue weighted by molar-refractivity contribution is 9.11. The molecule has 1 aromatic heterocycles. The van der Waals surface area contributed by atoms with Crippen molar-refractivity contribution in [2.24, 2.45) is 5.92 Å². The molecule has 0 N–H and O–H groups in total. The lowest BCUT2D eigenvalue weighted by molar-refractivity contribution is -0.147. The van der Waals surface area contributed by atoms with E-state index in [1.807, 2.05) is 6.07 Å². The molecule has 1 rings (SSSR count). The smallest absolute Gasteiger partial charge is 0.309 e. The van der Waals surface area contributed by atoms with Crippen molar-refractivity contribution in [2.75, 3.05) is 6.61 Å². The fourth-order valence-corrected chi connectivity index (χ4v) is 2.55. The highest BCUT2D eigenvalue weighted by Crippen LogP contribution is 2.24. The zero-order chi connectivity index (χ0) is 12.1. The van der Waals surface area contributed by atoms with E-state index in [1.54, 1.807) is 19.9 Å². The van der Waals surface area contributed by atoms with Crippen molar-refractivity contribution in [1.82, 2.24) is 0 Å². The maximum Gasteiger partial charge on any atom is 0.309 e. The molecule has 0 spiro atoms. The SMILES string of the molecule is CCOC(=O)[C@H](C)CC(=O)c1ccc(Br)s1. The van der Waals surface area contributed by atoms with Crippen LogP contribution in [0.25, 0.3) is 0 Å². The van der Waals surface area contributed by atoms with E-state index < -0.39 is 0 Å². The second-order valence-corrected chi connectivity index (χ2v) is 5.85. The summed E-state index contributed by atoms with van der Waals surface area (Å²) in [5.41, 5.74) is 0. The quantitative estimate of drug-likeness (QED) is 0.619. The van der Waals surface area contributed by atoms with Gasteiger partial charge in [0.05, 0.1) is 21.2 Å². The van der Waals surface area contributed by atoms with Crippen LogP contribution in [0.2, 0.25) is 0 Å². The highest BCUT2D eigenvalue weighted by atomic mass is 79.9. The first-order valence-corrected chi connectivity index (χ1v) is 6.60. The Labute approximate surface area is 107 Å². The van der Waals surface area contributed by atoms with Crippen molar-refractivity contribution in [3.8, 4) is 0 Å². The van der Waals surface area contributed by atoms with E-state index in [0.717, 1.165) is 3.79 Å². The standard InChI is InChI=1S/C11H13BrO3S/c1-3-15-11(14)7(2)6-8(13)9-4-5-10(12)16-9/h4-5,7H,3,6H2,1-2H3/t7-/m1/s1. The molecule has 0 bridgehead atoms. The number of carbonyl (C=O) groups excluding carboxylic acids is 2. The summed E-state index contributed by atoms with van der Waals surface area (Å²) in [5.74, 6) is -0.712. The average Bonchev–Trinajstić information content (AvgIpc) is 2.65. The molecule has 0 amide bonds. The predicted octanol–water partition coefficient (Wildman–Crippen LogP) is 3.28. The molecule has 5 heteroatoms. The van der Waals surface area contributed by atoms with E-state index in [-0.39, 0.29) is 24.1 Å². The molecule has 0 radical (unpaired) electrons. The molecule has 0 saturated heterocycles. The first kappa shape index (κ1) is 13.4. The highest BCUT2D eigenvalue weighted by Gasteiger charge is 2.19. The van der Waals surface area contributed by atoms with Gasteiger partial charge in [0.1, 0.15) is 0 Å². The molecule has 88 valence electrons. The van der Waals surface area contributed by atoms with Gasteiger partial charge in [-0.3, -0.25) is 9.59 Å². The van der Waals surface area contributed by atoms with Gasteiger partial charge in [-0.25, -0.2) is 0 Å². The van der Waals surface area contributed by atoms with Gasteiger partial charge in [0.2, 0.25) is 0 Å². The van der Waals surface area contributed by atoms with Gasteiger partial charge in [-0.15, -0.1) is 11.3 Å². The summed E-state index contributed by atoms with van der Waals surface area (Å²) in [6.45, 7) is 3.81. The molecule has 0 aliphatic carbocycles. The number of ketones is 1. The van der Waals surface area contributed by atoms with Gasteiger partial charge in [-0.2, -0.15) is 0 Å². The van der Waals surface area contributed by atoms with Crippen LogP contribution in [-0.2, 0) is 9.53 Å². The molecular weight excluding hydrogens is 292 g/mol. The number of thiophene rings is 1. The number of ether oxygens (including phenoxy) is 1. The fraction of sp³-hybridized carbons (Fsp3) is 0.455. The summed E-state index contributed by atoms with van der Waals surface area (Å²) in [6, 6.07) is 3.59. The molecule has 0 fully saturated rings. The number of hydrogen-bond acceptors (Lipinski definition) is 4. The van der Waals surface area contributed by atoms with E-state index in [0.29, 0.717) is 11.5 Å². The molecular formula is C11H13BrO3S. The van der Waals surface area contributed by atoms with Gasteiger partial charge >= 0.3 is 5.97 Å². The van der Waals surface area contributed by atoms with Crippen LogP contribution in [0.15, 0.2) is 15.9 Å². The normalized spacial score (nSPS) is 12.2. The van der Waals surface area contributed by atoms with Crippen LogP contribution < -0.4 is 0 Å². The van der Waals surface area contributed by atoms with Crippen LogP contribution >= 0.6 is 27.3 Å². The summed E-state index contributed by atoms with van der Waals surface area (Å²) < 4.78 is 5.76. The lowest BCUT2D eigenvalue weighted by Gasteiger charge is -2.08. The van der Waals surface area contributed by atoms with Crippen LogP contribution in [0.4, 0.5) is 0 Å². The molecule has 1 aromatic rings. The predicted molar refractivity (Wildman–Crippen MR) is 66.8 cm³/mol. The molecule has 0 aliphatic rings. The van der Waals surface area contributed by atoms with Crippen molar-refractivity contribution >= 4 is 39.0 Å². The second kappa shape index (κ2) is 6.15. The Hall–Kier alpha value is -0.680. The Morgan fingerprint density at radius 1 is 1.50 bits per heavy atom. The number of carbonyl (C=O) groups is 2. The van der Waals surface area contributed by atoms with E-state index in [1.165, 1.54) is 11.3 Å². The zero-order valence-electron chi connectivity index (χ0n) is 9.16. The van der Waals surface area contributed by atoms with Crippen LogP contribution in [0, 0.1) is 5.92 Å². The van der Waals surface area contributed by atoms with Gasteiger partial charge < -0.3 is 4.74 Å². The van der Waals surface area contributed by atoms with Gasteiger partial charge in [0, 0.05) is 6.42 Å². The van der Waals surface area contributed by atoms with Gasteiger partial charge in [0.15, 0.2) is 5.78 Å². The summed E-state index contributed by atoms with van der Waals surface area (Å²) in [4.78, 5) is 23.8. The lowest BCUT2D eigenvalue weighted by atomic mass is 10.0. The molecule has 1 atom stereocenters. The van der Waals surface area contributed by atoms with E-state index in [9.17, 15) is 9.59 Å². The average molecular weight is 305 g/mol. The third-order valence-corrected chi connectivity index (χ3v) is 3.69. The third-order valence-electron chi connectivity index (χ3n) is 2.03. The number of hydrogen-bond donors (Lipinski definition) is 0. The first-order valence-electron chi connectivity index (χ1n) is 4.99. The number of halogens is 1. The van der Waals surface area contributed by atoms with Crippen LogP contribution in [-0.4, -0.2) is 18.4 Å². The summed E-state index contributed by atoms with van der Waals surface area (Å²) in [5, 5.41) is 0. The molecule has 16 heavy (non-hydrogen) atoms. The number of Topliss-reactive ketones (excluding diaryl/α,β-unsaturated/α-hetero) is 1. The number of esters is 1. The lowest BCUT2D eigenvalue weighted by Crippen LogP contribution is -2.17. The third kappa shape index (κ3) is 3.72. The van der Waals surface area contributed by atoms with Crippen molar-refractivity contribution in [1.29, 1.82) is 0 Å². The fourth-order valence-electron chi connectivity index (χ4n) is 1.21. The summed E-state index contributed by atoms with van der Waals surface area (Å²) >= 11 is 4.67. The Morgan fingerprint density at radius 3 is 2.69 bits per heavy atom. The van der Waals surface area contributed by atoms with Crippen molar-refractivity contribution in [2.45, 2.75) is 20.3 Å². The van der Waals surface area contributed by atoms with E-state index >= 15 is 0 Å². The Bertz CT molecular complexity index is 386. The largest absolute Gasteiger partial charge is 0.466 e. The van der Waals surface area contributed by atoms with Crippen LogP contribution in [0.1, 0.15) is 29.9 Å². The second-order valence-electron chi connectivity index (χ2n) is 3.38. The Balaban J connectivity index is 2.54. The molecule has 3 nitrogen and oxygen atoms in total. The monoisotopic (exact) mass is 304 g/mol. The Morgan fingerprint density at radius 2 is 2.19 bits per heavy atom. The first-order chi connectivity index (χ1) is 7.54. The maximum absolute atomic E-state index is 11.8. The minimum absolute atomic E-state index is 0.0174. The van der Waals surface area contributed by atoms with E-state index in [2.05, 4.69) is 15.9 Å². The zero-order valence-corrected chi connectivity index (χ0v) is 11.6. The summed E-state index contributed by atoms with van der Waals surface area (Å²) in [6.07, 6.45) is 0.200. The number of rotatable bonds is 5. The van der Waals surface area contributed by atoms with Crippen LogP contribution in [0.5, 0.6) is 0 Å². The van der Waals surface area contributed by atoms with Gasteiger partial charge in [0.25, 0.3) is 0 Å². The van der Waals surface area contributed by atoms with E-state index in [4.69, 9.17) is 4.74 Å². The van der Waals surface area contributed by atoms with Crippen molar-refractivity contribution < 1.29 is 14.3 Å². The van der Waals surface area contributed by atoms with Crippen molar-refractivity contribution in [3.63, 3.8) is 0 Å². The van der Waals surface area contributed by atoms with Crippen molar-refractivity contribution in [3.05, 3.63) is 20.8 Å². The maximum atomic E-state index is 11.8. The van der Waals surface area contributed by atoms with Gasteiger partial charge in [-0.1, -0.05) is 6.92 Å². The van der Waals surface area contributed by atoms with Gasteiger partial charge in [-0.05, 0) is 35.0 Å². The Kier molecular flexibility index (Phi) is 5.15.